The molecule has 7 heteroatoms. The van der Waals surface area contributed by atoms with Gasteiger partial charge in [0.1, 0.15) is 5.82 Å². The smallest absolute Gasteiger partial charge is 0.317 e. The maximum atomic E-state index is 12.7. The van der Waals surface area contributed by atoms with Crippen molar-refractivity contribution in [2.24, 2.45) is 5.92 Å². The van der Waals surface area contributed by atoms with Crippen molar-refractivity contribution in [2.75, 3.05) is 70.9 Å². The third-order valence-electron chi connectivity index (χ3n) is 7.20. The van der Waals surface area contributed by atoms with Crippen LogP contribution in [0.15, 0.2) is 18.3 Å². The number of aromatic nitrogens is 1. The number of nitrogens with zero attached hydrogens (tertiary/aromatic N) is 5. The molecule has 1 aromatic rings. The molecular weight excluding hydrogens is 388 g/mol. The molecule has 0 aromatic carbocycles. The lowest BCUT2D eigenvalue weighted by atomic mass is 9.89. The molecule has 172 valence electrons. The van der Waals surface area contributed by atoms with Gasteiger partial charge in [0.2, 0.25) is 0 Å². The summed E-state index contributed by atoms with van der Waals surface area (Å²) in [5.74, 6) is 1.91. The third kappa shape index (κ3) is 6.56. The first kappa shape index (κ1) is 22.3. The molecule has 1 aliphatic carbocycles. The fourth-order valence-electron chi connectivity index (χ4n) is 5.12. The lowest BCUT2D eigenvalue weighted by molar-refractivity contribution is 0.189. The van der Waals surface area contributed by atoms with Crippen LogP contribution in [0.5, 0.6) is 0 Å². The van der Waals surface area contributed by atoms with Crippen LogP contribution >= 0.6 is 0 Å². The Bertz CT molecular complexity index is 682. The average Bonchev–Trinajstić information content (AvgIpc) is 3.05. The van der Waals surface area contributed by atoms with Gasteiger partial charge in [0.25, 0.3) is 0 Å². The zero-order valence-corrected chi connectivity index (χ0v) is 19.3. The van der Waals surface area contributed by atoms with Gasteiger partial charge in [-0.25, -0.2) is 9.78 Å². The van der Waals surface area contributed by atoms with Gasteiger partial charge in [0.15, 0.2) is 0 Å². The van der Waals surface area contributed by atoms with E-state index < -0.39 is 0 Å². The Morgan fingerprint density at radius 2 is 1.77 bits per heavy atom. The van der Waals surface area contributed by atoms with Crippen LogP contribution in [-0.4, -0.2) is 91.7 Å². The predicted octanol–water partition coefficient (Wildman–Crippen LogP) is 2.63. The molecule has 1 N–H and O–H groups in total. The van der Waals surface area contributed by atoms with Crippen molar-refractivity contribution in [3.63, 3.8) is 0 Å². The van der Waals surface area contributed by atoms with E-state index in [0.29, 0.717) is 6.54 Å². The van der Waals surface area contributed by atoms with Crippen molar-refractivity contribution in [3.8, 4) is 0 Å². The van der Waals surface area contributed by atoms with E-state index in [9.17, 15) is 4.79 Å². The second-order valence-corrected chi connectivity index (χ2v) is 9.62. The standard InChI is InChI=1S/C24H40N6O/c1-27-12-15-29(16-13-27)23-9-8-22(18-25-23)19-26-24(31)30-11-5-10-28(14-17-30)20-21-6-3-2-4-7-21/h8-9,18,21H,2-7,10-17,19-20H2,1H3,(H,26,31). The van der Waals surface area contributed by atoms with Crippen LogP contribution in [-0.2, 0) is 6.54 Å². The maximum absolute atomic E-state index is 12.7. The highest BCUT2D eigenvalue weighted by Crippen LogP contribution is 2.24. The molecule has 3 heterocycles. The summed E-state index contributed by atoms with van der Waals surface area (Å²) in [5, 5.41) is 3.11. The Morgan fingerprint density at radius 3 is 2.52 bits per heavy atom. The first-order valence-electron chi connectivity index (χ1n) is 12.3. The van der Waals surface area contributed by atoms with Gasteiger partial charge < -0.3 is 24.9 Å². The number of carbonyl (C=O) groups excluding carboxylic acids is 1. The molecule has 3 fully saturated rings. The number of urea groups is 1. The largest absolute Gasteiger partial charge is 0.354 e. The molecule has 31 heavy (non-hydrogen) atoms. The first-order valence-corrected chi connectivity index (χ1v) is 12.3. The lowest BCUT2D eigenvalue weighted by Crippen LogP contribution is -2.44. The predicted molar refractivity (Wildman–Crippen MR) is 125 cm³/mol. The normalized spacial score (nSPS) is 22.4. The summed E-state index contributed by atoms with van der Waals surface area (Å²) in [6.07, 6.45) is 9.98. The van der Waals surface area contributed by atoms with Crippen LogP contribution in [0.4, 0.5) is 10.6 Å². The molecule has 2 saturated heterocycles. The van der Waals surface area contributed by atoms with Gasteiger partial charge in [-0.3, -0.25) is 0 Å². The summed E-state index contributed by atoms with van der Waals surface area (Å²) >= 11 is 0. The molecule has 1 aromatic heterocycles. The SMILES string of the molecule is CN1CCN(c2ccc(CNC(=O)N3CCCN(CC4CCCCC4)CC3)cn2)CC1. The van der Waals surface area contributed by atoms with Crippen molar-refractivity contribution in [1.82, 2.24) is 25.0 Å². The van der Waals surface area contributed by atoms with Gasteiger partial charge >= 0.3 is 6.03 Å². The van der Waals surface area contributed by atoms with Crippen LogP contribution in [0.2, 0.25) is 0 Å². The number of amides is 2. The second kappa shape index (κ2) is 11.1. The summed E-state index contributed by atoms with van der Waals surface area (Å²) in [6, 6.07) is 4.24. The number of likely N-dealkylation sites (N-methyl/N-ethyl adjacent to an activating group) is 1. The van der Waals surface area contributed by atoms with Crippen molar-refractivity contribution in [3.05, 3.63) is 23.9 Å². The molecule has 2 aliphatic heterocycles. The Morgan fingerprint density at radius 1 is 0.968 bits per heavy atom. The number of pyridine rings is 1. The molecule has 0 spiro atoms. The summed E-state index contributed by atoms with van der Waals surface area (Å²) in [4.78, 5) is 26.6. The van der Waals surface area contributed by atoms with Gasteiger partial charge in [0.05, 0.1) is 0 Å². The van der Waals surface area contributed by atoms with E-state index in [2.05, 4.69) is 44.2 Å². The molecule has 3 aliphatic rings. The fourth-order valence-corrected chi connectivity index (χ4v) is 5.12. The highest BCUT2D eigenvalue weighted by Gasteiger charge is 2.22. The van der Waals surface area contributed by atoms with E-state index in [0.717, 1.165) is 76.1 Å². The van der Waals surface area contributed by atoms with Crippen molar-refractivity contribution in [1.29, 1.82) is 0 Å². The molecule has 4 rings (SSSR count). The van der Waals surface area contributed by atoms with Gasteiger partial charge in [-0.15, -0.1) is 0 Å². The number of nitrogens with one attached hydrogen (secondary N) is 1. The maximum Gasteiger partial charge on any atom is 0.317 e. The minimum absolute atomic E-state index is 0.0580. The topological polar surface area (TPSA) is 55.0 Å². The molecule has 1 saturated carbocycles. The van der Waals surface area contributed by atoms with Crippen molar-refractivity contribution in [2.45, 2.75) is 45.1 Å². The van der Waals surface area contributed by atoms with E-state index in [1.165, 1.54) is 38.6 Å². The number of carbonyl (C=O) groups is 1. The molecule has 0 unspecified atom stereocenters. The second-order valence-electron chi connectivity index (χ2n) is 9.62. The molecule has 0 atom stereocenters. The van der Waals surface area contributed by atoms with Gasteiger partial charge in [-0.2, -0.15) is 0 Å². The van der Waals surface area contributed by atoms with E-state index in [1.54, 1.807) is 0 Å². The van der Waals surface area contributed by atoms with Crippen LogP contribution in [0.25, 0.3) is 0 Å². The highest BCUT2D eigenvalue weighted by molar-refractivity contribution is 5.74. The Labute approximate surface area is 187 Å². The lowest BCUT2D eigenvalue weighted by Gasteiger charge is -2.33. The van der Waals surface area contributed by atoms with Crippen molar-refractivity contribution < 1.29 is 4.79 Å². The first-order chi connectivity index (χ1) is 15.2. The minimum Gasteiger partial charge on any atom is -0.354 e. The van der Waals surface area contributed by atoms with Crippen molar-refractivity contribution >= 4 is 11.8 Å². The van der Waals surface area contributed by atoms with Gasteiger partial charge in [-0.1, -0.05) is 25.3 Å². The van der Waals surface area contributed by atoms with Gasteiger partial charge in [0, 0.05) is 65.1 Å². The summed E-state index contributed by atoms with van der Waals surface area (Å²) < 4.78 is 0. The van der Waals surface area contributed by atoms with Crippen LogP contribution in [0.1, 0.15) is 44.1 Å². The molecular formula is C24H40N6O. The van der Waals surface area contributed by atoms with E-state index >= 15 is 0 Å². The minimum atomic E-state index is 0.0580. The van der Waals surface area contributed by atoms with E-state index in [4.69, 9.17) is 0 Å². The average molecular weight is 429 g/mol. The van der Waals surface area contributed by atoms with E-state index in [-0.39, 0.29) is 6.03 Å². The van der Waals surface area contributed by atoms with E-state index in [1.807, 2.05) is 11.1 Å². The number of anilines is 1. The highest BCUT2D eigenvalue weighted by atomic mass is 16.2. The molecule has 7 nitrogen and oxygen atoms in total. The molecule has 0 radical (unpaired) electrons. The number of rotatable bonds is 5. The van der Waals surface area contributed by atoms with Crippen LogP contribution in [0, 0.1) is 5.92 Å². The van der Waals surface area contributed by atoms with Crippen LogP contribution in [0.3, 0.4) is 0 Å². The number of piperazine rings is 1. The molecule has 0 bridgehead atoms. The van der Waals surface area contributed by atoms with Crippen LogP contribution < -0.4 is 10.2 Å². The Kier molecular flexibility index (Phi) is 8.03. The number of hydrogen-bond acceptors (Lipinski definition) is 5. The summed E-state index contributed by atoms with van der Waals surface area (Å²) in [6.45, 7) is 9.77. The summed E-state index contributed by atoms with van der Waals surface area (Å²) in [7, 11) is 2.16. The quantitative estimate of drug-likeness (QED) is 0.781. The zero-order valence-electron chi connectivity index (χ0n) is 19.3. The third-order valence-corrected chi connectivity index (χ3v) is 7.20. The Hall–Kier alpha value is -1.86. The van der Waals surface area contributed by atoms with Gasteiger partial charge in [-0.05, 0) is 50.4 Å². The Balaban J connectivity index is 1.19. The monoisotopic (exact) mass is 428 g/mol. The zero-order chi connectivity index (χ0) is 21.5. The summed E-state index contributed by atoms with van der Waals surface area (Å²) in [5.41, 5.74) is 1.06. The fraction of sp³-hybridized carbons (Fsp3) is 0.750. The molecule has 2 amide bonds. The number of hydrogen-bond donors (Lipinski definition) is 1.